The topological polar surface area (TPSA) is 80.8 Å². The number of benzene rings is 2. The van der Waals surface area contributed by atoms with Crippen LogP contribution in [-0.4, -0.2) is 47.8 Å². The third-order valence-corrected chi connectivity index (χ3v) is 8.07. The van der Waals surface area contributed by atoms with Gasteiger partial charge in [0.25, 0.3) is 0 Å². The summed E-state index contributed by atoms with van der Waals surface area (Å²) in [6.45, 7) is 8.15. The fraction of sp³-hybridized carbons (Fsp3) is 0.387. The predicted molar refractivity (Wildman–Crippen MR) is 151 cm³/mol. The first-order valence-electron chi connectivity index (χ1n) is 13.3. The second-order valence-corrected chi connectivity index (χ2v) is 11.2. The molecule has 38 heavy (non-hydrogen) atoms. The molecule has 0 bridgehead atoms. The van der Waals surface area contributed by atoms with Crippen molar-refractivity contribution in [3.05, 3.63) is 94.3 Å². The number of rotatable bonds is 7. The molecule has 200 valence electrons. The lowest BCUT2D eigenvalue weighted by Crippen LogP contribution is -2.55. The van der Waals surface area contributed by atoms with Gasteiger partial charge in [-0.15, -0.1) is 0 Å². The van der Waals surface area contributed by atoms with E-state index in [1.54, 1.807) is 0 Å². The lowest BCUT2D eigenvalue weighted by molar-refractivity contribution is -0.125. The maximum absolute atomic E-state index is 11.7. The number of piperidine rings is 1. The Kier molecular flexibility index (Phi) is 7.78. The summed E-state index contributed by atoms with van der Waals surface area (Å²) in [6, 6.07) is 17.6. The van der Waals surface area contributed by atoms with Gasteiger partial charge in [0.15, 0.2) is 0 Å². The van der Waals surface area contributed by atoms with Crippen molar-refractivity contribution in [3.8, 4) is 11.5 Å². The molecule has 1 saturated heterocycles. The van der Waals surface area contributed by atoms with E-state index in [-0.39, 0.29) is 5.41 Å². The van der Waals surface area contributed by atoms with Crippen molar-refractivity contribution in [1.82, 2.24) is 9.88 Å². The Balaban J connectivity index is 1.36. The van der Waals surface area contributed by atoms with E-state index in [1.807, 2.05) is 54.7 Å². The van der Waals surface area contributed by atoms with Crippen LogP contribution < -0.4 is 15.2 Å². The molecule has 1 aromatic heterocycles. The molecule has 0 unspecified atom stereocenters. The minimum Gasteiger partial charge on any atom is -0.492 e. The molecule has 3 aromatic rings. The number of hydrogen-bond acceptors (Lipinski definition) is 6. The summed E-state index contributed by atoms with van der Waals surface area (Å²) in [7, 11) is 0. The highest BCUT2D eigenvalue weighted by atomic mass is 35.5. The highest BCUT2D eigenvalue weighted by Gasteiger charge is 2.48. The Labute approximate surface area is 230 Å². The average Bonchev–Trinajstić information content (AvgIpc) is 3.06. The summed E-state index contributed by atoms with van der Waals surface area (Å²) in [4.78, 5) is 7.04. The molecule has 5 rings (SSSR count). The van der Waals surface area contributed by atoms with Crippen molar-refractivity contribution in [2.45, 2.75) is 38.9 Å². The van der Waals surface area contributed by atoms with Gasteiger partial charge >= 0.3 is 0 Å². The Morgan fingerprint density at radius 2 is 1.97 bits per heavy atom. The molecule has 2 aliphatic rings. The van der Waals surface area contributed by atoms with Gasteiger partial charge in [-0.3, -0.25) is 4.98 Å². The molecule has 2 aromatic carbocycles. The fourth-order valence-corrected chi connectivity index (χ4v) is 5.82. The van der Waals surface area contributed by atoms with Gasteiger partial charge in [0.2, 0.25) is 0 Å². The first kappa shape index (κ1) is 26.7. The van der Waals surface area contributed by atoms with Crippen LogP contribution in [0.1, 0.15) is 49.1 Å². The zero-order valence-corrected chi connectivity index (χ0v) is 22.9. The van der Waals surface area contributed by atoms with E-state index in [4.69, 9.17) is 26.8 Å². The number of nitrogens with zero attached hydrogens (tertiary/aromatic N) is 2. The van der Waals surface area contributed by atoms with Crippen molar-refractivity contribution in [2.24, 2.45) is 11.1 Å². The van der Waals surface area contributed by atoms with Crippen LogP contribution in [0.2, 0.25) is 5.02 Å². The SMILES string of the molecule is CC1(C)CN(CC/C=C2/c3cc(OCCN)ccc3OCc3ncccc32)CC[C@]1(O)c1ccc(Cl)cc1. The number of hydrogen-bond donors (Lipinski definition) is 2. The summed E-state index contributed by atoms with van der Waals surface area (Å²) in [5, 5.41) is 12.4. The molecule has 1 fully saturated rings. The molecule has 1 atom stereocenters. The second kappa shape index (κ2) is 11.1. The highest BCUT2D eigenvalue weighted by Crippen LogP contribution is 2.46. The average molecular weight is 534 g/mol. The number of halogens is 1. The van der Waals surface area contributed by atoms with E-state index in [1.165, 1.54) is 0 Å². The van der Waals surface area contributed by atoms with Crippen LogP contribution in [-0.2, 0) is 12.2 Å². The lowest BCUT2D eigenvalue weighted by atomic mass is 9.66. The van der Waals surface area contributed by atoms with Crippen molar-refractivity contribution < 1.29 is 14.6 Å². The molecular weight excluding hydrogens is 498 g/mol. The number of pyridine rings is 1. The van der Waals surface area contributed by atoms with Crippen LogP contribution in [0.25, 0.3) is 5.57 Å². The first-order chi connectivity index (χ1) is 18.3. The molecule has 6 nitrogen and oxygen atoms in total. The van der Waals surface area contributed by atoms with Crippen LogP contribution in [0, 0.1) is 5.41 Å². The molecule has 0 amide bonds. The smallest absolute Gasteiger partial charge is 0.131 e. The van der Waals surface area contributed by atoms with Gasteiger partial charge < -0.3 is 25.2 Å². The summed E-state index contributed by atoms with van der Waals surface area (Å²) < 4.78 is 12.0. The van der Waals surface area contributed by atoms with Crippen molar-refractivity contribution in [3.63, 3.8) is 0 Å². The summed E-state index contributed by atoms with van der Waals surface area (Å²) >= 11 is 6.10. The van der Waals surface area contributed by atoms with E-state index >= 15 is 0 Å². The Bertz CT molecular complexity index is 1310. The van der Waals surface area contributed by atoms with Gasteiger partial charge in [-0.2, -0.15) is 0 Å². The fourth-order valence-electron chi connectivity index (χ4n) is 5.69. The first-order valence-corrected chi connectivity index (χ1v) is 13.6. The van der Waals surface area contributed by atoms with Gasteiger partial charge in [0.05, 0.1) is 11.3 Å². The van der Waals surface area contributed by atoms with Gasteiger partial charge in [-0.1, -0.05) is 49.7 Å². The van der Waals surface area contributed by atoms with Crippen LogP contribution in [0.15, 0.2) is 66.9 Å². The third kappa shape index (κ3) is 5.32. The molecule has 7 heteroatoms. The summed E-state index contributed by atoms with van der Waals surface area (Å²) in [5.74, 6) is 1.59. The number of likely N-dealkylation sites (tertiary alicyclic amines) is 1. The standard InChI is InChI=1S/C31H36ClN3O3/c1-30(2)21-35(17-13-31(30,36)22-7-9-23(32)10-8-22)16-4-6-25-26-5-3-15-34-28(26)20-38-29-12-11-24(19-27(25)29)37-18-14-33/h3,5-12,15,19,36H,4,13-14,16-18,20-21,33H2,1-2H3/b25-6+/t31-/m0/s1. The zero-order valence-electron chi connectivity index (χ0n) is 22.1. The predicted octanol–water partition coefficient (Wildman–Crippen LogP) is 5.41. The van der Waals surface area contributed by atoms with E-state index in [2.05, 4.69) is 35.9 Å². The minimum absolute atomic E-state index is 0.319. The maximum atomic E-state index is 11.7. The normalized spacial score (nSPS) is 21.8. The maximum Gasteiger partial charge on any atom is 0.131 e. The minimum atomic E-state index is -0.894. The lowest BCUT2D eigenvalue weighted by Gasteiger charge is -2.50. The number of aliphatic hydroxyl groups is 1. The van der Waals surface area contributed by atoms with E-state index in [0.29, 0.717) is 31.2 Å². The van der Waals surface area contributed by atoms with E-state index in [9.17, 15) is 5.11 Å². The van der Waals surface area contributed by atoms with Gasteiger partial charge in [-0.05, 0) is 60.4 Å². The molecular formula is C31H36ClN3O3. The van der Waals surface area contributed by atoms with Crippen LogP contribution >= 0.6 is 11.6 Å². The van der Waals surface area contributed by atoms with E-state index in [0.717, 1.165) is 65.5 Å². The molecule has 0 saturated carbocycles. The van der Waals surface area contributed by atoms with Crippen LogP contribution in [0.5, 0.6) is 11.5 Å². The van der Waals surface area contributed by atoms with Gasteiger partial charge in [0.1, 0.15) is 24.7 Å². The van der Waals surface area contributed by atoms with Crippen LogP contribution in [0.3, 0.4) is 0 Å². The Hall–Kier alpha value is -2.90. The molecule has 0 aliphatic carbocycles. The van der Waals surface area contributed by atoms with Crippen LogP contribution in [0.4, 0.5) is 0 Å². The molecule has 0 radical (unpaired) electrons. The third-order valence-electron chi connectivity index (χ3n) is 7.82. The number of fused-ring (bicyclic) bond motifs is 2. The quantitative estimate of drug-likeness (QED) is 0.423. The monoisotopic (exact) mass is 533 g/mol. The van der Waals surface area contributed by atoms with Gasteiger partial charge in [0, 0.05) is 53.9 Å². The Morgan fingerprint density at radius 3 is 2.74 bits per heavy atom. The second-order valence-electron chi connectivity index (χ2n) is 10.8. The number of ether oxygens (including phenoxy) is 2. The van der Waals surface area contributed by atoms with Crippen molar-refractivity contribution in [2.75, 3.05) is 32.8 Å². The molecule has 0 spiro atoms. The van der Waals surface area contributed by atoms with Crippen molar-refractivity contribution >= 4 is 17.2 Å². The van der Waals surface area contributed by atoms with Gasteiger partial charge in [-0.25, -0.2) is 0 Å². The van der Waals surface area contributed by atoms with E-state index < -0.39 is 5.60 Å². The zero-order chi connectivity index (χ0) is 26.8. The molecule has 3 N–H and O–H groups in total. The summed E-state index contributed by atoms with van der Waals surface area (Å²) in [6.07, 6.45) is 5.62. The Morgan fingerprint density at radius 1 is 1.16 bits per heavy atom. The largest absolute Gasteiger partial charge is 0.492 e. The molecule has 2 aliphatic heterocycles. The number of aromatic nitrogens is 1. The summed E-state index contributed by atoms with van der Waals surface area (Å²) in [5.41, 5.74) is 9.48. The number of nitrogens with two attached hydrogens (primary N) is 1. The van der Waals surface area contributed by atoms with Crippen molar-refractivity contribution in [1.29, 1.82) is 0 Å². The molecule has 3 heterocycles. The highest BCUT2D eigenvalue weighted by molar-refractivity contribution is 6.30.